The van der Waals surface area contributed by atoms with Gasteiger partial charge in [0, 0.05) is 21.8 Å². The Balaban J connectivity index is 1.53. The monoisotopic (exact) mass is 513 g/mol. The molecule has 40 heavy (non-hydrogen) atoms. The summed E-state index contributed by atoms with van der Waals surface area (Å²) in [5.41, 5.74) is 11.0. The highest BCUT2D eigenvalue weighted by Gasteiger charge is 2.33. The van der Waals surface area contributed by atoms with Crippen LogP contribution in [-0.2, 0) is 5.41 Å². The molecule has 1 aliphatic rings. The minimum Gasteiger partial charge on any atom is -0.292 e. The van der Waals surface area contributed by atoms with E-state index >= 15 is 0 Å². The van der Waals surface area contributed by atoms with Crippen molar-refractivity contribution in [3.8, 4) is 17.1 Å². The van der Waals surface area contributed by atoms with E-state index in [0.29, 0.717) is 0 Å². The normalized spacial score (nSPS) is 13.8. The number of benzene rings is 5. The van der Waals surface area contributed by atoms with Gasteiger partial charge in [-0.3, -0.25) is 4.57 Å². The van der Waals surface area contributed by atoms with Crippen LogP contribution < -0.4 is 0 Å². The van der Waals surface area contributed by atoms with E-state index in [-0.39, 0.29) is 5.41 Å². The first kappa shape index (κ1) is 22.9. The number of para-hydroxylation sites is 3. The number of fused-ring (bicyclic) bond motifs is 7. The highest BCUT2D eigenvalue weighted by atomic mass is 15.1. The number of nitrogens with zero attached hydrogens (tertiary/aromatic N) is 3. The summed E-state index contributed by atoms with van der Waals surface area (Å²) < 4.78 is 2.32. The Morgan fingerprint density at radius 3 is 2.10 bits per heavy atom. The predicted molar refractivity (Wildman–Crippen MR) is 167 cm³/mol. The Labute approximate surface area is 233 Å². The minimum absolute atomic E-state index is 0.207. The molecule has 5 aromatic carbocycles. The molecule has 7 aromatic rings. The number of hydrogen-bond acceptors (Lipinski definition) is 2. The van der Waals surface area contributed by atoms with Crippen LogP contribution in [-0.4, -0.2) is 14.5 Å². The molecule has 0 saturated carbocycles. The highest BCUT2D eigenvalue weighted by molar-refractivity contribution is 6.13. The third kappa shape index (κ3) is 3.24. The van der Waals surface area contributed by atoms with Crippen LogP contribution in [0.3, 0.4) is 0 Å². The van der Waals surface area contributed by atoms with Crippen LogP contribution in [0.15, 0.2) is 115 Å². The van der Waals surface area contributed by atoms with Crippen LogP contribution in [0.1, 0.15) is 36.1 Å². The van der Waals surface area contributed by atoms with Crippen LogP contribution in [0.2, 0.25) is 0 Å². The van der Waals surface area contributed by atoms with Crippen molar-refractivity contribution >= 4 is 45.0 Å². The van der Waals surface area contributed by atoms with Gasteiger partial charge in [-0.2, -0.15) is 0 Å². The molecule has 190 valence electrons. The van der Waals surface area contributed by atoms with Crippen molar-refractivity contribution in [1.82, 2.24) is 14.5 Å². The van der Waals surface area contributed by atoms with Crippen LogP contribution in [0.25, 0.3) is 62.1 Å². The highest BCUT2D eigenvalue weighted by Crippen LogP contribution is 2.46. The maximum Gasteiger partial charge on any atom is 0.165 e. The zero-order valence-electron chi connectivity index (χ0n) is 22.5. The summed E-state index contributed by atoms with van der Waals surface area (Å²) >= 11 is 0. The summed E-state index contributed by atoms with van der Waals surface area (Å²) in [6.07, 6.45) is 4.54. The maximum absolute atomic E-state index is 5.28. The Kier molecular flexibility index (Phi) is 4.86. The van der Waals surface area contributed by atoms with Crippen molar-refractivity contribution in [2.24, 2.45) is 0 Å². The first-order chi connectivity index (χ1) is 19.6. The first-order valence-corrected chi connectivity index (χ1v) is 13.8. The van der Waals surface area contributed by atoms with Gasteiger partial charge in [0.1, 0.15) is 5.69 Å². The summed E-state index contributed by atoms with van der Waals surface area (Å²) in [5.74, 6) is 0.846. The second-order valence-corrected chi connectivity index (χ2v) is 11.1. The molecule has 0 amide bonds. The summed E-state index contributed by atoms with van der Waals surface area (Å²) in [6.45, 7) is 4.71. The summed E-state index contributed by atoms with van der Waals surface area (Å²) in [4.78, 5) is 10.5. The molecule has 8 rings (SSSR count). The number of rotatable bonds is 2. The number of hydrogen-bond donors (Lipinski definition) is 0. The zero-order valence-corrected chi connectivity index (χ0v) is 22.5. The molecule has 0 bridgehead atoms. The van der Waals surface area contributed by atoms with E-state index in [1.807, 2.05) is 30.3 Å². The second-order valence-electron chi connectivity index (χ2n) is 11.1. The van der Waals surface area contributed by atoms with Gasteiger partial charge in [0.05, 0.1) is 22.1 Å². The van der Waals surface area contributed by atoms with Crippen molar-refractivity contribution in [1.29, 1.82) is 0 Å². The quantitative estimate of drug-likeness (QED) is 0.231. The first-order valence-electron chi connectivity index (χ1n) is 13.8. The van der Waals surface area contributed by atoms with E-state index in [4.69, 9.17) is 9.97 Å². The van der Waals surface area contributed by atoms with Crippen molar-refractivity contribution in [2.75, 3.05) is 0 Å². The second kappa shape index (κ2) is 8.49. The smallest absolute Gasteiger partial charge is 0.165 e. The minimum atomic E-state index is -0.207. The van der Waals surface area contributed by atoms with Crippen LogP contribution in [0.5, 0.6) is 0 Å². The Hall–Kier alpha value is -5.02. The topological polar surface area (TPSA) is 30.7 Å². The molecule has 0 radical (unpaired) electrons. The van der Waals surface area contributed by atoms with Gasteiger partial charge >= 0.3 is 0 Å². The molecule has 3 nitrogen and oxygen atoms in total. The van der Waals surface area contributed by atoms with E-state index in [9.17, 15) is 0 Å². The average molecular weight is 514 g/mol. The van der Waals surface area contributed by atoms with Crippen LogP contribution in [0, 0.1) is 0 Å². The van der Waals surface area contributed by atoms with Gasteiger partial charge in [0.25, 0.3) is 0 Å². The van der Waals surface area contributed by atoms with Crippen molar-refractivity contribution in [3.63, 3.8) is 0 Å². The Morgan fingerprint density at radius 2 is 1.25 bits per heavy atom. The molecular weight excluding hydrogens is 486 g/mol. The molecule has 0 unspecified atom stereocenters. The third-order valence-electron chi connectivity index (χ3n) is 8.38. The van der Waals surface area contributed by atoms with Gasteiger partial charge in [-0.25, -0.2) is 9.97 Å². The fourth-order valence-corrected chi connectivity index (χ4v) is 6.58. The van der Waals surface area contributed by atoms with E-state index < -0.39 is 0 Å². The van der Waals surface area contributed by atoms with Crippen LogP contribution >= 0.6 is 0 Å². The SMILES string of the molecule is CC1(C)c2ccccc2C=Cc2ccc3c(c21)c1ccccc1n3-c1nc2ccccc2nc1-c1ccccc1. The summed E-state index contributed by atoms with van der Waals surface area (Å²) in [5, 5.41) is 2.50. The molecule has 0 atom stereocenters. The van der Waals surface area contributed by atoms with Crippen molar-refractivity contribution in [3.05, 3.63) is 138 Å². The number of aromatic nitrogens is 3. The van der Waals surface area contributed by atoms with Gasteiger partial charge in [0.15, 0.2) is 5.82 Å². The molecule has 0 aliphatic heterocycles. The van der Waals surface area contributed by atoms with Crippen molar-refractivity contribution in [2.45, 2.75) is 19.3 Å². The van der Waals surface area contributed by atoms with Gasteiger partial charge in [-0.15, -0.1) is 0 Å². The Bertz CT molecular complexity index is 2130. The van der Waals surface area contributed by atoms with Gasteiger partial charge in [-0.1, -0.05) is 117 Å². The van der Waals surface area contributed by atoms with Gasteiger partial charge in [-0.05, 0) is 46.5 Å². The molecule has 0 N–H and O–H groups in total. The standard InChI is InChI=1S/C37H27N3/c1-37(2)28-16-8-6-12-24(28)20-21-25-22-23-32-33(34(25)37)27-15-7-11-19-31(27)40(32)36-35(26-13-4-3-5-14-26)38-29-17-9-10-18-30(29)39-36/h3-23H,1-2H3. The Morgan fingerprint density at radius 1 is 0.575 bits per heavy atom. The zero-order chi connectivity index (χ0) is 26.8. The van der Waals surface area contributed by atoms with Gasteiger partial charge in [0.2, 0.25) is 0 Å². The van der Waals surface area contributed by atoms with Gasteiger partial charge < -0.3 is 0 Å². The molecule has 3 heteroatoms. The molecule has 2 heterocycles. The molecule has 0 saturated heterocycles. The van der Waals surface area contributed by atoms with E-state index in [1.54, 1.807) is 0 Å². The average Bonchev–Trinajstić information content (AvgIpc) is 3.28. The summed E-state index contributed by atoms with van der Waals surface area (Å²) in [6, 6.07) is 40.6. The lowest BCUT2D eigenvalue weighted by Crippen LogP contribution is -2.21. The molecule has 0 spiro atoms. The fraction of sp³-hybridized carbons (Fsp3) is 0.0811. The largest absolute Gasteiger partial charge is 0.292 e. The third-order valence-corrected chi connectivity index (χ3v) is 8.38. The van der Waals surface area contributed by atoms with E-state index in [2.05, 4.69) is 115 Å². The lowest BCUT2D eigenvalue weighted by molar-refractivity contribution is 0.646. The molecule has 2 aromatic heterocycles. The summed E-state index contributed by atoms with van der Waals surface area (Å²) in [7, 11) is 0. The van der Waals surface area contributed by atoms with E-state index in [1.165, 1.54) is 33.0 Å². The maximum atomic E-state index is 5.28. The molecular formula is C37H27N3. The lowest BCUT2D eigenvalue weighted by Gasteiger charge is -2.29. The predicted octanol–water partition coefficient (Wildman–Crippen LogP) is 9.20. The van der Waals surface area contributed by atoms with E-state index in [0.717, 1.165) is 39.1 Å². The fourth-order valence-electron chi connectivity index (χ4n) is 6.58. The van der Waals surface area contributed by atoms with Crippen LogP contribution in [0.4, 0.5) is 0 Å². The molecule has 0 fully saturated rings. The molecule has 1 aliphatic carbocycles. The van der Waals surface area contributed by atoms with Crippen molar-refractivity contribution < 1.29 is 0 Å². The lowest BCUT2D eigenvalue weighted by atomic mass is 9.74.